The van der Waals surface area contributed by atoms with Crippen LogP contribution in [0.15, 0.2) is 28.7 Å². The molecule has 82 valence electrons. The molecular formula is C13H17BrO. The van der Waals surface area contributed by atoms with E-state index in [1.54, 1.807) is 7.11 Å². The van der Waals surface area contributed by atoms with Crippen LogP contribution in [-0.4, -0.2) is 13.7 Å². The van der Waals surface area contributed by atoms with Crippen LogP contribution in [0.3, 0.4) is 0 Å². The van der Waals surface area contributed by atoms with E-state index in [0.717, 1.165) is 6.61 Å². The molecular weight excluding hydrogens is 252 g/mol. The number of ether oxygens (including phenoxy) is 1. The third kappa shape index (κ3) is 2.26. The van der Waals surface area contributed by atoms with E-state index in [1.807, 2.05) is 0 Å². The van der Waals surface area contributed by atoms with Gasteiger partial charge in [0.1, 0.15) is 0 Å². The molecule has 0 aliphatic heterocycles. The van der Waals surface area contributed by atoms with Crippen LogP contribution >= 0.6 is 15.9 Å². The Morgan fingerprint density at radius 1 is 1.33 bits per heavy atom. The molecule has 2 heteroatoms. The zero-order chi connectivity index (χ0) is 10.7. The van der Waals surface area contributed by atoms with Crippen molar-refractivity contribution in [2.75, 3.05) is 13.7 Å². The zero-order valence-corrected chi connectivity index (χ0v) is 10.7. The fraction of sp³-hybridized carbons (Fsp3) is 0.538. The minimum Gasteiger partial charge on any atom is -0.384 e. The molecule has 1 aromatic carbocycles. The van der Waals surface area contributed by atoms with Crippen molar-refractivity contribution in [2.45, 2.75) is 31.1 Å². The first-order chi connectivity index (χ1) is 7.27. The van der Waals surface area contributed by atoms with E-state index in [2.05, 4.69) is 40.2 Å². The Labute approximate surface area is 100.0 Å². The second-order valence-corrected chi connectivity index (χ2v) is 5.35. The number of hydrogen-bond acceptors (Lipinski definition) is 1. The summed E-state index contributed by atoms with van der Waals surface area (Å²) in [5.74, 6) is 0. The van der Waals surface area contributed by atoms with Crippen molar-refractivity contribution < 1.29 is 4.74 Å². The SMILES string of the molecule is COCC1(c2cccc(Br)c2)CCCC1. The molecule has 0 radical (unpaired) electrons. The van der Waals surface area contributed by atoms with Crippen LogP contribution in [0.1, 0.15) is 31.2 Å². The molecule has 0 amide bonds. The summed E-state index contributed by atoms with van der Waals surface area (Å²) >= 11 is 3.54. The molecule has 0 bridgehead atoms. The van der Waals surface area contributed by atoms with E-state index in [1.165, 1.54) is 35.7 Å². The molecule has 15 heavy (non-hydrogen) atoms. The third-order valence-electron chi connectivity index (χ3n) is 3.42. The van der Waals surface area contributed by atoms with Gasteiger partial charge in [0.15, 0.2) is 0 Å². The predicted molar refractivity (Wildman–Crippen MR) is 66.2 cm³/mol. The second kappa shape index (κ2) is 4.67. The molecule has 0 heterocycles. The lowest BCUT2D eigenvalue weighted by Gasteiger charge is -2.28. The average Bonchev–Trinajstić information content (AvgIpc) is 2.68. The number of methoxy groups -OCH3 is 1. The summed E-state index contributed by atoms with van der Waals surface area (Å²) in [5, 5.41) is 0. The third-order valence-corrected chi connectivity index (χ3v) is 3.91. The second-order valence-electron chi connectivity index (χ2n) is 4.43. The predicted octanol–water partition coefficient (Wildman–Crippen LogP) is 3.91. The van der Waals surface area contributed by atoms with Crippen LogP contribution in [0.2, 0.25) is 0 Å². The van der Waals surface area contributed by atoms with Crippen molar-refractivity contribution in [3.8, 4) is 0 Å². The van der Waals surface area contributed by atoms with Crippen LogP contribution in [0.25, 0.3) is 0 Å². The lowest BCUT2D eigenvalue weighted by molar-refractivity contribution is 0.131. The maximum absolute atomic E-state index is 5.41. The van der Waals surface area contributed by atoms with Gasteiger partial charge in [-0.25, -0.2) is 0 Å². The molecule has 0 unspecified atom stereocenters. The van der Waals surface area contributed by atoms with E-state index in [4.69, 9.17) is 4.74 Å². The van der Waals surface area contributed by atoms with Gasteiger partial charge in [0.25, 0.3) is 0 Å². The Kier molecular flexibility index (Phi) is 3.47. The Morgan fingerprint density at radius 2 is 2.07 bits per heavy atom. The van der Waals surface area contributed by atoms with E-state index in [0.29, 0.717) is 0 Å². The van der Waals surface area contributed by atoms with Crippen molar-refractivity contribution in [1.82, 2.24) is 0 Å². The highest BCUT2D eigenvalue weighted by atomic mass is 79.9. The molecule has 0 saturated heterocycles. The number of hydrogen-bond donors (Lipinski definition) is 0. The maximum Gasteiger partial charge on any atom is 0.0559 e. The van der Waals surface area contributed by atoms with Crippen molar-refractivity contribution in [3.05, 3.63) is 34.3 Å². The summed E-state index contributed by atoms with van der Waals surface area (Å²) < 4.78 is 6.58. The van der Waals surface area contributed by atoms with Crippen LogP contribution in [-0.2, 0) is 10.2 Å². The number of rotatable bonds is 3. The van der Waals surface area contributed by atoms with Gasteiger partial charge in [-0.2, -0.15) is 0 Å². The molecule has 1 saturated carbocycles. The first-order valence-corrected chi connectivity index (χ1v) is 6.31. The van der Waals surface area contributed by atoms with Gasteiger partial charge in [-0.1, -0.05) is 40.9 Å². The van der Waals surface area contributed by atoms with Crippen LogP contribution in [0.4, 0.5) is 0 Å². The first-order valence-electron chi connectivity index (χ1n) is 5.52. The summed E-state index contributed by atoms with van der Waals surface area (Å²) in [4.78, 5) is 0. The Bertz CT molecular complexity index is 329. The number of benzene rings is 1. The molecule has 2 rings (SSSR count). The maximum atomic E-state index is 5.41. The fourth-order valence-corrected chi connectivity index (χ4v) is 3.06. The summed E-state index contributed by atoms with van der Waals surface area (Å²) in [5.41, 5.74) is 1.70. The summed E-state index contributed by atoms with van der Waals surface area (Å²) in [6, 6.07) is 8.67. The van der Waals surface area contributed by atoms with Crippen molar-refractivity contribution in [3.63, 3.8) is 0 Å². The quantitative estimate of drug-likeness (QED) is 0.808. The molecule has 1 nitrogen and oxygen atoms in total. The van der Waals surface area contributed by atoms with Crippen LogP contribution in [0, 0.1) is 0 Å². The molecule has 1 fully saturated rings. The minimum atomic E-state index is 0.276. The highest BCUT2D eigenvalue weighted by Gasteiger charge is 2.35. The standard InChI is InChI=1S/C13H17BrO/c1-15-10-13(7-2-3-8-13)11-5-4-6-12(14)9-11/h4-6,9H,2-3,7-8,10H2,1H3. The van der Waals surface area contributed by atoms with Crippen molar-refractivity contribution in [2.24, 2.45) is 0 Å². The van der Waals surface area contributed by atoms with E-state index in [-0.39, 0.29) is 5.41 Å². The van der Waals surface area contributed by atoms with Gasteiger partial charge in [0, 0.05) is 17.0 Å². The lowest BCUT2D eigenvalue weighted by atomic mass is 9.80. The highest BCUT2D eigenvalue weighted by Crippen LogP contribution is 2.41. The van der Waals surface area contributed by atoms with Gasteiger partial charge in [-0.05, 0) is 30.5 Å². The summed E-state index contributed by atoms with van der Waals surface area (Å²) in [6.07, 6.45) is 5.18. The van der Waals surface area contributed by atoms with Crippen molar-refractivity contribution in [1.29, 1.82) is 0 Å². The zero-order valence-electron chi connectivity index (χ0n) is 9.13. The molecule has 0 aromatic heterocycles. The number of halogens is 1. The van der Waals surface area contributed by atoms with Gasteiger partial charge in [-0.3, -0.25) is 0 Å². The molecule has 1 aromatic rings. The molecule has 0 atom stereocenters. The van der Waals surface area contributed by atoms with Gasteiger partial charge in [-0.15, -0.1) is 0 Å². The van der Waals surface area contributed by atoms with Gasteiger partial charge >= 0.3 is 0 Å². The van der Waals surface area contributed by atoms with E-state index >= 15 is 0 Å². The smallest absolute Gasteiger partial charge is 0.0559 e. The Balaban J connectivity index is 2.31. The van der Waals surface area contributed by atoms with Crippen LogP contribution < -0.4 is 0 Å². The van der Waals surface area contributed by atoms with Gasteiger partial charge in [0.2, 0.25) is 0 Å². The topological polar surface area (TPSA) is 9.23 Å². The van der Waals surface area contributed by atoms with E-state index < -0.39 is 0 Å². The van der Waals surface area contributed by atoms with Gasteiger partial charge in [0.05, 0.1) is 6.61 Å². The van der Waals surface area contributed by atoms with Crippen molar-refractivity contribution >= 4 is 15.9 Å². The average molecular weight is 269 g/mol. The van der Waals surface area contributed by atoms with Gasteiger partial charge < -0.3 is 4.74 Å². The van der Waals surface area contributed by atoms with E-state index in [9.17, 15) is 0 Å². The van der Waals surface area contributed by atoms with Crippen LogP contribution in [0.5, 0.6) is 0 Å². The summed E-state index contributed by atoms with van der Waals surface area (Å²) in [6.45, 7) is 0.851. The Hall–Kier alpha value is -0.340. The Morgan fingerprint density at radius 3 is 2.67 bits per heavy atom. The molecule has 1 aliphatic carbocycles. The fourth-order valence-electron chi connectivity index (χ4n) is 2.66. The monoisotopic (exact) mass is 268 g/mol. The molecule has 0 spiro atoms. The highest BCUT2D eigenvalue weighted by molar-refractivity contribution is 9.10. The largest absolute Gasteiger partial charge is 0.384 e. The molecule has 1 aliphatic rings. The minimum absolute atomic E-state index is 0.276. The first kappa shape index (κ1) is 11.2. The summed E-state index contributed by atoms with van der Waals surface area (Å²) in [7, 11) is 1.80. The normalized spacial score (nSPS) is 19.3. The molecule has 0 N–H and O–H groups in total. The lowest BCUT2D eigenvalue weighted by Crippen LogP contribution is -2.27.